The number of carbonyl (C=O) groups excluding carboxylic acids is 3. The van der Waals surface area contributed by atoms with Gasteiger partial charge in [0, 0.05) is 108 Å². The molecule has 5 aliphatic rings. The van der Waals surface area contributed by atoms with Crippen molar-refractivity contribution in [1.82, 2.24) is 45.3 Å². The summed E-state index contributed by atoms with van der Waals surface area (Å²) in [4.78, 5) is 55.0. The highest BCUT2D eigenvalue weighted by molar-refractivity contribution is 5.93. The number of piperazine rings is 2. The highest BCUT2D eigenvalue weighted by atomic mass is 16.3. The van der Waals surface area contributed by atoms with Crippen molar-refractivity contribution >= 4 is 29.4 Å². The third kappa shape index (κ3) is 12.3. The summed E-state index contributed by atoms with van der Waals surface area (Å²) in [5, 5.41) is 39.5. The Labute approximate surface area is 409 Å². The summed E-state index contributed by atoms with van der Waals surface area (Å²) in [7, 11) is 0. The highest BCUT2D eigenvalue weighted by Gasteiger charge is 2.45. The van der Waals surface area contributed by atoms with E-state index in [1.54, 1.807) is 6.07 Å². The first-order chi connectivity index (χ1) is 33.3. The average molecular weight is 946 g/mol. The first-order valence-electron chi connectivity index (χ1n) is 25.5. The van der Waals surface area contributed by atoms with Gasteiger partial charge in [0.25, 0.3) is 0 Å². The summed E-state index contributed by atoms with van der Waals surface area (Å²) in [6.07, 6.45) is 12.1. The highest BCUT2D eigenvalue weighted by Crippen LogP contribution is 2.35. The summed E-state index contributed by atoms with van der Waals surface area (Å²) in [6, 6.07) is 16.0. The monoisotopic (exact) mass is 946 g/mol. The van der Waals surface area contributed by atoms with Crippen LogP contribution in [0.2, 0.25) is 0 Å². The number of terminal acetylenes is 1. The van der Waals surface area contributed by atoms with E-state index in [2.05, 4.69) is 64.7 Å². The van der Waals surface area contributed by atoms with Crippen LogP contribution in [0.3, 0.4) is 0 Å². The van der Waals surface area contributed by atoms with Gasteiger partial charge in [-0.2, -0.15) is 0 Å². The van der Waals surface area contributed by atoms with Crippen molar-refractivity contribution in [2.75, 3.05) is 95.3 Å². The lowest BCUT2D eigenvalue weighted by Gasteiger charge is -2.46. The van der Waals surface area contributed by atoms with E-state index in [1.165, 1.54) is 43.4 Å². The molecule has 0 unspecified atom stereocenters. The van der Waals surface area contributed by atoms with E-state index in [9.17, 15) is 24.6 Å². The van der Waals surface area contributed by atoms with E-state index in [1.807, 2.05) is 68.1 Å². The Hall–Kier alpha value is -5.47. The topological polar surface area (TPSA) is 173 Å². The van der Waals surface area contributed by atoms with Crippen LogP contribution in [0.5, 0.6) is 5.75 Å². The molecule has 0 bridgehead atoms. The number of nitrogens with one attached hydrogen (secondary N) is 3. The van der Waals surface area contributed by atoms with Crippen LogP contribution in [0, 0.1) is 23.7 Å². The van der Waals surface area contributed by atoms with E-state index < -0.39 is 23.6 Å². The number of likely N-dealkylation sites (tertiary alicyclic amines) is 2. The Kier molecular flexibility index (Phi) is 16.3. The zero-order valence-electron chi connectivity index (χ0n) is 41.3. The van der Waals surface area contributed by atoms with Crippen molar-refractivity contribution in [3.8, 4) is 29.4 Å². The molecule has 4 aliphatic heterocycles. The molecule has 16 heteroatoms. The van der Waals surface area contributed by atoms with Gasteiger partial charge in [-0.25, -0.2) is 4.79 Å². The number of aromatic nitrogens is 2. The number of aliphatic hydroxyl groups is 1. The standard InChI is InChI=1S/C53H75N11O5/c1-6-37-12-14-38(15-13-37)34-55-50(67)46-32-42(65)36-64(46)51(68)48(53(3,4)5)56-52(69)63-26-24-59(25-27-63)35-39-16-18-40(19-17-39)60-22-20-41(21-23-60)61-28-30-62(31-29-61)45-33-44(57-58-49(45)54-7-2)43-10-8-9-11-47(43)66/h1,8-15,33,39-42,46,48,65-66H,7,16-32,34-36H2,2-5H3,(H,54,58)(H,55,67)(H,56,69)/t39-,40-,42-,46+,48-/m1/s1. The largest absolute Gasteiger partial charge is 0.507 e. The van der Waals surface area contributed by atoms with Crippen LogP contribution in [0.1, 0.15) is 83.8 Å². The minimum absolute atomic E-state index is 0.0325. The molecule has 0 spiro atoms. The number of aliphatic hydroxyl groups excluding tert-OH is 1. The number of nitrogens with zero attached hydrogens (tertiary/aromatic N) is 8. The third-order valence-electron chi connectivity index (χ3n) is 15.3. The second kappa shape index (κ2) is 22.5. The minimum Gasteiger partial charge on any atom is -0.507 e. The summed E-state index contributed by atoms with van der Waals surface area (Å²) in [5.41, 5.74) is 3.40. The molecule has 1 aromatic heterocycles. The van der Waals surface area contributed by atoms with E-state index >= 15 is 0 Å². The first kappa shape index (κ1) is 49.9. The van der Waals surface area contributed by atoms with Crippen molar-refractivity contribution < 1.29 is 24.6 Å². The van der Waals surface area contributed by atoms with Gasteiger partial charge in [0.1, 0.15) is 17.8 Å². The number of phenolic OH excluding ortho intramolecular Hbond substituents is 1. The fraction of sp³-hybridized carbons (Fsp3) is 0.604. The number of carbonyl (C=O) groups is 3. The molecule has 4 saturated heterocycles. The maximum atomic E-state index is 14.2. The van der Waals surface area contributed by atoms with Crippen molar-refractivity contribution in [2.45, 2.75) is 109 Å². The number of para-hydroxylation sites is 1. The van der Waals surface area contributed by atoms with Crippen molar-refractivity contribution in [2.24, 2.45) is 11.3 Å². The van der Waals surface area contributed by atoms with E-state index in [-0.39, 0.29) is 43.1 Å². The van der Waals surface area contributed by atoms with Gasteiger partial charge in [-0.05, 0) is 106 Å². The third-order valence-corrected chi connectivity index (χ3v) is 15.3. The van der Waals surface area contributed by atoms with Crippen molar-refractivity contribution in [3.05, 3.63) is 65.7 Å². The molecule has 3 aromatic rings. The number of amides is 4. The molecule has 3 atom stereocenters. The lowest BCUT2D eigenvalue weighted by atomic mass is 9.84. The fourth-order valence-corrected chi connectivity index (χ4v) is 11.2. The molecular formula is C53H75N11O5. The number of urea groups is 1. The van der Waals surface area contributed by atoms with Crippen LogP contribution in [-0.4, -0.2) is 178 Å². The summed E-state index contributed by atoms with van der Waals surface area (Å²) in [6.45, 7) is 18.9. The number of hydrogen-bond acceptors (Lipinski definition) is 12. The molecule has 69 heavy (non-hydrogen) atoms. The number of anilines is 2. The van der Waals surface area contributed by atoms with Gasteiger partial charge in [0.05, 0.1) is 17.5 Å². The molecule has 5 N–H and O–H groups in total. The zero-order chi connectivity index (χ0) is 48.7. The Morgan fingerprint density at radius 3 is 2.16 bits per heavy atom. The number of aromatic hydroxyl groups is 1. The molecule has 8 rings (SSSR count). The summed E-state index contributed by atoms with van der Waals surface area (Å²) < 4.78 is 0. The zero-order valence-corrected chi connectivity index (χ0v) is 41.3. The normalized spacial score (nSPS) is 23.9. The Balaban J connectivity index is 0.743. The Bertz CT molecular complexity index is 2250. The SMILES string of the molecule is C#Cc1ccc(CNC(=O)[C@@H]2C[C@@H](O)CN2C(=O)[C@@H](NC(=O)N2CCN(C[C@H]3CC[C@H](N4CCC(N5CCN(c6cc(-c7ccccc7O)nnc6NCC)CC5)CC4)CC3)CC2)C(C)(C)C)cc1. The van der Waals surface area contributed by atoms with Gasteiger partial charge in [0.15, 0.2) is 5.82 Å². The number of β-amino-alcohol motifs (C(OH)–C–C–N with tert-alkyl or cyclic N) is 1. The predicted octanol–water partition coefficient (Wildman–Crippen LogP) is 4.43. The molecule has 5 fully saturated rings. The van der Waals surface area contributed by atoms with Crippen molar-refractivity contribution in [3.63, 3.8) is 0 Å². The fourth-order valence-electron chi connectivity index (χ4n) is 11.2. The quantitative estimate of drug-likeness (QED) is 0.153. The molecule has 4 amide bonds. The molecule has 372 valence electrons. The lowest BCUT2D eigenvalue weighted by molar-refractivity contribution is -0.142. The summed E-state index contributed by atoms with van der Waals surface area (Å²) in [5.74, 6) is 3.54. The predicted molar refractivity (Wildman–Crippen MR) is 270 cm³/mol. The molecule has 1 saturated carbocycles. The van der Waals surface area contributed by atoms with Crippen LogP contribution >= 0.6 is 0 Å². The van der Waals surface area contributed by atoms with Crippen molar-refractivity contribution in [1.29, 1.82) is 0 Å². The minimum atomic E-state index is -0.877. The van der Waals surface area contributed by atoms with Gasteiger partial charge >= 0.3 is 6.03 Å². The van der Waals surface area contributed by atoms with Gasteiger partial charge in [0.2, 0.25) is 11.8 Å². The molecule has 5 heterocycles. The lowest BCUT2D eigenvalue weighted by Crippen LogP contribution is -2.61. The Morgan fingerprint density at radius 1 is 0.841 bits per heavy atom. The molecular weight excluding hydrogens is 871 g/mol. The maximum Gasteiger partial charge on any atom is 0.318 e. The average Bonchev–Trinajstić information content (AvgIpc) is 3.77. The second-order valence-corrected chi connectivity index (χ2v) is 21.0. The maximum absolute atomic E-state index is 14.2. The van der Waals surface area contributed by atoms with Crippen LogP contribution in [0.25, 0.3) is 11.3 Å². The number of benzene rings is 2. The molecule has 1 aliphatic carbocycles. The van der Waals surface area contributed by atoms with Crippen LogP contribution < -0.4 is 20.9 Å². The van der Waals surface area contributed by atoms with Crippen LogP contribution in [-0.2, 0) is 16.1 Å². The first-order valence-corrected chi connectivity index (χ1v) is 25.5. The molecule has 0 radical (unpaired) electrons. The van der Waals surface area contributed by atoms with E-state index in [0.717, 1.165) is 88.1 Å². The Morgan fingerprint density at radius 2 is 1.51 bits per heavy atom. The smallest absolute Gasteiger partial charge is 0.318 e. The second-order valence-electron chi connectivity index (χ2n) is 21.0. The van der Waals surface area contributed by atoms with E-state index in [4.69, 9.17) is 6.42 Å². The summed E-state index contributed by atoms with van der Waals surface area (Å²) >= 11 is 0. The van der Waals surface area contributed by atoms with Gasteiger partial charge in [-0.1, -0.05) is 51.0 Å². The van der Waals surface area contributed by atoms with Crippen LogP contribution in [0.4, 0.5) is 16.3 Å². The molecule has 16 nitrogen and oxygen atoms in total. The number of hydrogen-bond donors (Lipinski definition) is 5. The molecule has 2 aromatic carbocycles. The van der Waals surface area contributed by atoms with Crippen LogP contribution in [0.15, 0.2) is 54.6 Å². The number of phenols is 1. The van der Waals surface area contributed by atoms with Gasteiger partial charge in [-0.15, -0.1) is 16.6 Å². The van der Waals surface area contributed by atoms with Gasteiger partial charge < -0.3 is 45.8 Å². The number of piperidine rings is 1. The number of rotatable bonds is 13. The van der Waals surface area contributed by atoms with Gasteiger partial charge in [-0.3, -0.25) is 19.4 Å². The van der Waals surface area contributed by atoms with E-state index in [0.29, 0.717) is 42.3 Å².